The number of aromatic nitrogens is 2. The molecule has 2 aromatic heterocycles. The van der Waals surface area contributed by atoms with Crippen molar-refractivity contribution in [3.05, 3.63) is 64.3 Å². The van der Waals surface area contributed by atoms with Gasteiger partial charge < -0.3 is 18.9 Å². The van der Waals surface area contributed by atoms with E-state index in [1.54, 1.807) is 6.92 Å². The molecule has 0 unspecified atom stereocenters. The van der Waals surface area contributed by atoms with Gasteiger partial charge in [-0.25, -0.2) is 14.6 Å². The molecule has 0 spiro atoms. The van der Waals surface area contributed by atoms with Gasteiger partial charge >= 0.3 is 11.9 Å². The second-order valence-corrected chi connectivity index (χ2v) is 6.41. The molecular formula is C21H22N2O5. The summed E-state index contributed by atoms with van der Waals surface area (Å²) in [5, 5.41) is 0. The number of methoxy groups -OCH3 is 1. The van der Waals surface area contributed by atoms with Gasteiger partial charge in [0.05, 0.1) is 12.7 Å². The molecule has 0 aliphatic heterocycles. The van der Waals surface area contributed by atoms with Crippen LogP contribution in [0.2, 0.25) is 0 Å². The molecule has 1 aromatic carbocycles. The third kappa shape index (κ3) is 3.83. The Morgan fingerprint density at radius 1 is 1.14 bits per heavy atom. The van der Waals surface area contributed by atoms with E-state index < -0.39 is 11.9 Å². The van der Waals surface area contributed by atoms with Crippen molar-refractivity contribution < 1.29 is 23.5 Å². The molecule has 1 N–H and O–H groups in total. The smallest absolute Gasteiger partial charge is 0.355 e. The van der Waals surface area contributed by atoms with Gasteiger partial charge in [-0.15, -0.1) is 0 Å². The molecule has 0 radical (unpaired) electrons. The summed E-state index contributed by atoms with van der Waals surface area (Å²) in [5.41, 5.74) is 4.24. The number of hydrogen-bond acceptors (Lipinski definition) is 6. The number of hydrogen-bond donors (Lipinski definition) is 1. The van der Waals surface area contributed by atoms with E-state index in [0.29, 0.717) is 34.8 Å². The summed E-state index contributed by atoms with van der Waals surface area (Å²) >= 11 is 0. The number of ether oxygens (including phenoxy) is 2. The van der Waals surface area contributed by atoms with Gasteiger partial charge in [0.1, 0.15) is 24.3 Å². The Morgan fingerprint density at radius 2 is 1.86 bits per heavy atom. The standard InChI is InChI=1S/C21H22N2O5/c1-5-16-17(20(24)26-4)13(3)18(23-16)21(25)28-11-15-10-27-19(22-15)14-8-6-12(2)7-9-14/h6-10,23H,5,11H2,1-4H3. The lowest BCUT2D eigenvalue weighted by Crippen LogP contribution is -2.08. The normalized spacial score (nSPS) is 10.7. The number of nitrogens with one attached hydrogen (secondary N) is 1. The zero-order valence-corrected chi connectivity index (χ0v) is 16.3. The first kappa shape index (κ1) is 19.4. The Balaban J connectivity index is 1.72. The van der Waals surface area contributed by atoms with Crippen molar-refractivity contribution in [2.45, 2.75) is 33.8 Å². The number of nitrogens with zero attached hydrogens (tertiary/aromatic N) is 1. The molecule has 0 amide bonds. The van der Waals surface area contributed by atoms with Crippen LogP contribution in [0.1, 0.15) is 50.3 Å². The van der Waals surface area contributed by atoms with Gasteiger partial charge in [0, 0.05) is 11.3 Å². The maximum absolute atomic E-state index is 12.5. The van der Waals surface area contributed by atoms with Gasteiger partial charge in [-0.1, -0.05) is 24.6 Å². The first-order valence-corrected chi connectivity index (χ1v) is 8.92. The molecule has 0 aliphatic rings. The zero-order valence-electron chi connectivity index (χ0n) is 16.3. The van der Waals surface area contributed by atoms with E-state index in [1.165, 1.54) is 13.4 Å². The quantitative estimate of drug-likeness (QED) is 0.648. The number of carbonyl (C=O) groups is 2. The summed E-state index contributed by atoms with van der Waals surface area (Å²) in [6, 6.07) is 7.77. The lowest BCUT2D eigenvalue weighted by Gasteiger charge is -2.02. The van der Waals surface area contributed by atoms with Crippen LogP contribution < -0.4 is 0 Å². The number of oxazole rings is 1. The molecule has 0 atom stereocenters. The molecule has 2 heterocycles. The van der Waals surface area contributed by atoms with Crippen molar-refractivity contribution in [1.82, 2.24) is 9.97 Å². The topological polar surface area (TPSA) is 94.4 Å². The first-order valence-electron chi connectivity index (χ1n) is 8.92. The number of carbonyl (C=O) groups excluding carboxylic acids is 2. The number of esters is 2. The number of rotatable bonds is 6. The van der Waals surface area contributed by atoms with E-state index in [1.807, 2.05) is 38.1 Å². The summed E-state index contributed by atoms with van der Waals surface area (Å²) in [6.07, 6.45) is 2.02. The summed E-state index contributed by atoms with van der Waals surface area (Å²) in [4.78, 5) is 31.8. The van der Waals surface area contributed by atoms with E-state index >= 15 is 0 Å². The molecule has 3 aromatic rings. The molecule has 3 rings (SSSR count). The molecule has 0 saturated heterocycles. The van der Waals surface area contributed by atoms with E-state index in [-0.39, 0.29) is 12.3 Å². The van der Waals surface area contributed by atoms with Crippen molar-refractivity contribution in [3.8, 4) is 11.5 Å². The molecule has 7 nitrogen and oxygen atoms in total. The number of H-pyrrole nitrogens is 1. The number of benzene rings is 1. The van der Waals surface area contributed by atoms with Gasteiger partial charge in [0.15, 0.2) is 0 Å². The number of aromatic amines is 1. The van der Waals surface area contributed by atoms with Crippen LogP contribution in [0.3, 0.4) is 0 Å². The van der Waals surface area contributed by atoms with E-state index in [9.17, 15) is 9.59 Å². The van der Waals surface area contributed by atoms with Crippen LogP contribution in [0.25, 0.3) is 11.5 Å². The lowest BCUT2D eigenvalue weighted by atomic mass is 10.1. The maximum atomic E-state index is 12.5. The largest absolute Gasteiger partial charge is 0.465 e. The van der Waals surface area contributed by atoms with Gasteiger partial charge in [0.25, 0.3) is 0 Å². The molecule has 7 heteroatoms. The summed E-state index contributed by atoms with van der Waals surface area (Å²) in [5.74, 6) is -0.588. The highest BCUT2D eigenvalue weighted by atomic mass is 16.5. The predicted octanol–water partition coefficient (Wildman–Crippen LogP) is 3.99. The fourth-order valence-corrected chi connectivity index (χ4v) is 2.92. The van der Waals surface area contributed by atoms with E-state index in [2.05, 4.69) is 9.97 Å². The average Bonchev–Trinajstić information content (AvgIpc) is 3.30. The Hall–Kier alpha value is -3.35. The van der Waals surface area contributed by atoms with Crippen LogP contribution in [0.5, 0.6) is 0 Å². The zero-order chi connectivity index (χ0) is 20.3. The van der Waals surface area contributed by atoms with Crippen molar-refractivity contribution in [2.75, 3.05) is 7.11 Å². The van der Waals surface area contributed by atoms with Crippen molar-refractivity contribution >= 4 is 11.9 Å². The highest BCUT2D eigenvalue weighted by Gasteiger charge is 2.24. The molecule has 28 heavy (non-hydrogen) atoms. The van der Waals surface area contributed by atoms with Gasteiger partial charge in [0.2, 0.25) is 5.89 Å². The van der Waals surface area contributed by atoms with Crippen LogP contribution in [0.4, 0.5) is 0 Å². The van der Waals surface area contributed by atoms with Crippen LogP contribution in [-0.2, 0) is 22.5 Å². The summed E-state index contributed by atoms with van der Waals surface area (Å²) in [7, 11) is 1.31. The second kappa shape index (κ2) is 8.12. The monoisotopic (exact) mass is 382 g/mol. The third-order valence-corrected chi connectivity index (χ3v) is 4.48. The maximum Gasteiger partial charge on any atom is 0.355 e. The van der Waals surface area contributed by atoms with Crippen molar-refractivity contribution in [1.29, 1.82) is 0 Å². The second-order valence-electron chi connectivity index (χ2n) is 6.41. The van der Waals surface area contributed by atoms with Crippen LogP contribution in [-0.4, -0.2) is 29.0 Å². The molecule has 0 fully saturated rings. The molecule has 146 valence electrons. The molecule has 0 saturated carbocycles. The highest BCUT2D eigenvalue weighted by molar-refractivity contribution is 5.98. The summed E-state index contributed by atoms with van der Waals surface area (Å²) < 4.78 is 15.6. The first-order chi connectivity index (χ1) is 13.4. The van der Waals surface area contributed by atoms with Crippen molar-refractivity contribution in [2.24, 2.45) is 0 Å². The van der Waals surface area contributed by atoms with Gasteiger partial charge in [-0.2, -0.15) is 0 Å². The van der Waals surface area contributed by atoms with Gasteiger partial charge in [-0.3, -0.25) is 0 Å². The highest BCUT2D eigenvalue weighted by Crippen LogP contribution is 2.22. The third-order valence-electron chi connectivity index (χ3n) is 4.48. The van der Waals surface area contributed by atoms with Crippen molar-refractivity contribution in [3.63, 3.8) is 0 Å². The minimum Gasteiger partial charge on any atom is -0.465 e. The lowest BCUT2D eigenvalue weighted by molar-refractivity contribution is 0.0460. The average molecular weight is 382 g/mol. The molecule has 0 bridgehead atoms. The van der Waals surface area contributed by atoms with E-state index in [0.717, 1.165) is 11.1 Å². The van der Waals surface area contributed by atoms with Crippen LogP contribution >= 0.6 is 0 Å². The minimum absolute atomic E-state index is 0.0400. The molecular weight excluding hydrogens is 360 g/mol. The minimum atomic E-state index is -0.567. The fraction of sp³-hybridized carbons (Fsp3) is 0.286. The Morgan fingerprint density at radius 3 is 2.50 bits per heavy atom. The SMILES string of the molecule is CCc1[nH]c(C(=O)OCc2coc(-c3ccc(C)cc3)n2)c(C)c1C(=O)OC. The van der Waals surface area contributed by atoms with Crippen LogP contribution in [0, 0.1) is 13.8 Å². The van der Waals surface area contributed by atoms with Crippen LogP contribution in [0.15, 0.2) is 34.9 Å². The Labute approximate surface area is 162 Å². The Kier molecular flexibility index (Phi) is 5.63. The predicted molar refractivity (Wildman–Crippen MR) is 102 cm³/mol. The Bertz CT molecular complexity index is 998. The fourth-order valence-electron chi connectivity index (χ4n) is 2.92. The van der Waals surface area contributed by atoms with Gasteiger partial charge in [-0.05, 0) is 38.0 Å². The summed E-state index contributed by atoms with van der Waals surface area (Å²) in [6.45, 7) is 5.53. The number of aryl methyl sites for hydroxylation is 2. The van der Waals surface area contributed by atoms with E-state index in [4.69, 9.17) is 13.9 Å². The molecule has 0 aliphatic carbocycles.